The van der Waals surface area contributed by atoms with Crippen molar-refractivity contribution in [2.75, 3.05) is 5.32 Å². The van der Waals surface area contributed by atoms with Crippen molar-refractivity contribution in [3.05, 3.63) is 54.0 Å². The molecule has 0 aliphatic heterocycles. The molecule has 2 rings (SSSR count). The number of hydrogen-bond acceptors (Lipinski definition) is 4. The van der Waals surface area contributed by atoms with E-state index >= 15 is 0 Å². The Morgan fingerprint density at radius 3 is 2.75 bits per heavy atom. The molecular weight excluding hydrogens is 200 g/mol. The van der Waals surface area contributed by atoms with Crippen molar-refractivity contribution in [1.29, 1.82) is 5.26 Å². The molecule has 0 saturated carbocycles. The van der Waals surface area contributed by atoms with Crippen LogP contribution in [0.25, 0.3) is 0 Å². The zero-order chi connectivity index (χ0) is 11.2. The van der Waals surface area contributed by atoms with Gasteiger partial charge in [-0.15, -0.1) is 0 Å². The van der Waals surface area contributed by atoms with Crippen molar-refractivity contribution in [3.63, 3.8) is 0 Å². The van der Waals surface area contributed by atoms with Gasteiger partial charge in [-0.1, -0.05) is 6.07 Å². The fourth-order valence-corrected chi connectivity index (χ4v) is 1.31. The van der Waals surface area contributed by atoms with Crippen LogP contribution >= 0.6 is 0 Å². The first-order valence-corrected chi connectivity index (χ1v) is 4.89. The molecule has 16 heavy (non-hydrogen) atoms. The Morgan fingerprint density at radius 1 is 1.12 bits per heavy atom. The van der Waals surface area contributed by atoms with Crippen molar-refractivity contribution in [2.45, 2.75) is 6.54 Å². The van der Waals surface area contributed by atoms with Gasteiger partial charge < -0.3 is 5.32 Å². The number of anilines is 1. The van der Waals surface area contributed by atoms with Crippen LogP contribution in [0.2, 0.25) is 0 Å². The van der Waals surface area contributed by atoms with E-state index in [1.165, 1.54) is 0 Å². The van der Waals surface area contributed by atoms with E-state index in [0.717, 1.165) is 5.69 Å². The van der Waals surface area contributed by atoms with E-state index in [1.807, 2.05) is 18.2 Å². The van der Waals surface area contributed by atoms with Crippen LogP contribution in [0.1, 0.15) is 11.3 Å². The molecule has 0 aliphatic carbocycles. The molecule has 0 atom stereocenters. The lowest BCUT2D eigenvalue weighted by molar-refractivity contribution is 1.03. The normalized spacial score (nSPS) is 9.44. The maximum absolute atomic E-state index is 8.87. The average molecular weight is 210 g/mol. The maximum atomic E-state index is 8.87. The lowest BCUT2D eigenvalue weighted by atomic mass is 10.2. The fraction of sp³-hybridized carbons (Fsp3) is 0.0833. The van der Waals surface area contributed by atoms with Crippen LogP contribution in [-0.2, 0) is 6.54 Å². The molecule has 0 unspecified atom stereocenters. The Balaban J connectivity index is 2.09. The highest BCUT2D eigenvalue weighted by molar-refractivity contribution is 5.51. The molecule has 4 heteroatoms. The van der Waals surface area contributed by atoms with E-state index in [4.69, 9.17) is 5.26 Å². The first-order valence-electron chi connectivity index (χ1n) is 4.89. The van der Waals surface area contributed by atoms with E-state index in [9.17, 15) is 0 Å². The minimum absolute atomic E-state index is 0.540. The molecule has 0 bridgehead atoms. The van der Waals surface area contributed by atoms with Gasteiger partial charge in [-0.3, -0.25) is 4.98 Å². The first kappa shape index (κ1) is 10.1. The summed E-state index contributed by atoms with van der Waals surface area (Å²) in [5, 5.41) is 12.0. The second-order valence-corrected chi connectivity index (χ2v) is 3.19. The lowest BCUT2D eigenvalue weighted by Crippen LogP contribution is -2.04. The van der Waals surface area contributed by atoms with Gasteiger partial charge in [0.1, 0.15) is 11.9 Å². The molecular formula is C12H10N4. The molecule has 2 aromatic rings. The second kappa shape index (κ2) is 4.89. The third-order valence-corrected chi connectivity index (χ3v) is 2.09. The predicted octanol–water partition coefficient (Wildman–Crippen LogP) is 1.96. The van der Waals surface area contributed by atoms with Gasteiger partial charge in [0.2, 0.25) is 0 Å². The van der Waals surface area contributed by atoms with Crippen LogP contribution in [0.5, 0.6) is 0 Å². The summed E-state index contributed by atoms with van der Waals surface area (Å²) in [4.78, 5) is 8.28. The summed E-state index contributed by atoms with van der Waals surface area (Å²) < 4.78 is 0. The van der Waals surface area contributed by atoms with Gasteiger partial charge in [-0.05, 0) is 24.3 Å². The number of nitriles is 1. The highest BCUT2D eigenvalue weighted by Crippen LogP contribution is 2.10. The van der Waals surface area contributed by atoms with Crippen molar-refractivity contribution in [3.8, 4) is 6.07 Å². The van der Waals surface area contributed by atoms with E-state index in [2.05, 4.69) is 21.4 Å². The Bertz CT molecular complexity index is 502. The van der Waals surface area contributed by atoms with Gasteiger partial charge >= 0.3 is 0 Å². The largest absolute Gasteiger partial charge is 0.363 e. The van der Waals surface area contributed by atoms with Gasteiger partial charge in [0.15, 0.2) is 0 Å². The molecule has 0 spiro atoms. The summed E-state index contributed by atoms with van der Waals surface area (Å²) >= 11 is 0. The maximum Gasteiger partial charge on any atom is 0.144 e. The monoisotopic (exact) mass is 210 g/mol. The minimum atomic E-state index is 0.540. The molecule has 0 saturated heterocycles. The van der Waals surface area contributed by atoms with E-state index < -0.39 is 0 Å². The van der Waals surface area contributed by atoms with E-state index in [-0.39, 0.29) is 0 Å². The Hall–Kier alpha value is -2.41. The summed E-state index contributed by atoms with van der Waals surface area (Å²) in [5.41, 5.74) is 1.45. The highest BCUT2D eigenvalue weighted by atomic mass is 15.0. The molecule has 2 heterocycles. The lowest BCUT2D eigenvalue weighted by Gasteiger charge is -2.05. The highest BCUT2D eigenvalue weighted by Gasteiger charge is 2.01. The number of nitrogens with zero attached hydrogens (tertiary/aromatic N) is 3. The predicted molar refractivity (Wildman–Crippen MR) is 60.5 cm³/mol. The van der Waals surface area contributed by atoms with Gasteiger partial charge in [0, 0.05) is 12.4 Å². The number of aromatic nitrogens is 2. The SMILES string of the molecule is N#Cc1cccnc1NCc1ccccn1. The standard InChI is InChI=1S/C12H10N4/c13-8-10-4-3-7-15-12(10)16-9-11-5-1-2-6-14-11/h1-7H,9H2,(H,15,16). The van der Waals surface area contributed by atoms with Crippen LogP contribution in [0, 0.1) is 11.3 Å². The van der Waals surface area contributed by atoms with Gasteiger partial charge in [-0.2, -0.15) is 5.26 Å². The zero-order valence-electron chi connectivity index (χ0n) is 8.59. The van der Waals surface area contributed by atoms with Gasteiger partial charge in [-0.25, -0.2) is 4.98 Å². The Morgan fingerprint density at radius 2 is 2.00 bits per heavy atom. The first-order chi connectivity index (χ1) is 7.90. The smallest absolute Gasteiger partial charge is 0.144 e. The summed E-state index contributed by atoms with van der Waals surface area (Å²) in [6, 6.07) is 11.3. The number of pyridine rings is 2. The fourth-order valence-electron chi connectivity index (χ4n) is 1.31. The van der Waals surface area contributed by atoms with Crippen LogP contribution in [-0.4, -0.2) is 9.97 Å². The van der Waals surface area contributed by atoms with Crippen molar-refractivity contribution >= 4 is 5.82 Å². The number of rotatable bonds is 3. The third kappa shape index (κ3) is 2.34. The third-order valence-electron chi connectivity index (χ3n) is 2.09. The van der Waals surface area contributed by atoms with Crippen LogP contribution in [0.3, 0.4) is 0 Å². The van der Waals surface area contributed by atoms with Crippen molar-refractivity contribution in [2.24, 2.45) is 0 Å². The molecule has 1 N–H and O–H groups in total. The number of nitrogens with one attached hydrogen (secondary N) is 1. The zero-order valence-corrected chi connectivity index (χ0v) is 8.59. The van der Waals surface area contributed by atoms with Gasteiger partial charge in [0.25, 0.3) is 0 Å². The molecule has 0 fully saturated rings. The number of hydrogen-bond donors (Lipinski definition) is 1. The molecule has 0 radical (unpaired) electrons. The molecule has 78 valence electrons. The van der Waals surface area contributed by atoms with E-state index in [0.29, 0.717) is 17.9 Å². The average Bonchev–Trinajstić information content (AvgIpc) is 2.38. The Labute approximate surface area is 93.6 Å². The molecule has 2 aromatic heterocycles. The molecule has 0 aromatic carbocycles. The summed E-state index contributed by atoms with van der Waals surface area (Å²) in [6.07, 6.45) is 3.39. The van der Waals surface area contributed by atoms with Gasteiger partial charge in [0.05, 0.1) is 17.8 Å². The van der Waals surface area contributed by atoms with Crippen LogP contribution in [0.4, 0.5) is 5.82 Å². The summed E-state index contributed by atoms with van der Waals surface area (Å²) in [6.45, 7) is 0.562. The van der Waals surface area contributed by atoms with Crippen LogP contribution < -0.4 is 5.32 Å². The van der Waals surface area contributed by atoms with E-state index in [1.54, 1.807) is 24.5 Å². The minimum Gasteiger partial charge on any atom is -0.363 e. The topological polar surface area (TPSA) is 61.6 Å². The second-order valence-electron chi connectivity index (χ2n) is 3.19. The summed E-state index contributed by atoms with van der Waals surface area (Å²) in [5.74, 6) is 0.593. The Kier molecular flexibility index (Phi) is 3.10. The molecule has 0 amide bonds. The quantitative estimate of drug-likeness (QED) is 0.841. The molecule has 0 aliphatic rings. The molecule has 4 nitrogen and oxygen atoms in total. The van der Waals surface area contributed by atoms with Crippen molar-refractivity contribution in [1.82, 2.24) is 9.97 Å². The summed E-state index contributed by atoms with van der Waals surface area (Å²) in [7, 11) is 0. The van der Waals surface area contributed by atoms with Crippen LogP contribution in [0.15, 0.2) is 42.7 Å². The van der Waals surface area contributed by atoms with Crippen molar-refractivity contribution < 1.29 is 0 Å².